The fourth-order valence-electron chi connectivity index (χ4n) is 3.27. The second-order valence-corrected chi connectivity index (χ2v) is 9.41. The first kappa shape index (κ1) is 21.0. The van der Waals surface area contributed by atoms with Crippen LogP contribution in [-0.4, -0.2) is 20.4 Å². The van der Waals surface area contributed by atoms with Crippen LogP contribution in [0.5, 0.6) is 0 Å². The van der Waals surface area contributed by atoms with Gasteiger partial charge in [-0.3, -0.25) is 9.52 Å². The lowest BCUT2D eigenvalue weighted by Crippen LogP contribution is -2.34. The van der Waals surface area contributed by atoms with Gasteiger partial charge in [0.1, 0.15) is 4.90 Å². The molecule has 8 heteroatoms. The molecule has 0 atom stereocenters. The second-order valence-electron chi connectivity index (χ2n) is 6.92. The van der Waals surface area contributed by atoms with E-state index in [1.54, 1.807) is 24.3 Å². The summed E-state index contributed by atoms with van der Waals surface area (Å²) in [6.07, 6.45) is 6.45. The summed E-state index contributed by atoms with van der Waals surface area (Å²) in [7, 11) is -3.96. The van der Waals surface area contributed by atoms with Crippen LogP contribution in [-0.2, 0) is 10.0 Å². The van der Waals surface area contributed by atoms with E-state index in [1.807, 2.05) is 0 Å². The molecule has 0 saturated heterocycles. The van der Waals surface area contributed by atoms with Crippen LogP contribution in [0.4, 0.5) is 5.69 Å². The lowest BCUT2D eigenvalue weighted by molar-refractivity contribution is 0.0933. The van der Waals surface area contributed by atoms with Crippen molar-refractivity contribution in [2.75, 3.05) is 4.72 Å². The van der Waals surface area contributed by atoms with Crippen LogP contribution in [0.3, 0.4) is 0 Å². The molecule has 1 amide bonds. The highest BCUT2D eigenvalue weighted by molar-refractivity contribution is 7.92. The van der Waals surface area contributed by atoms with E-state index in [2.05, 4.69) is 10.0 Å². The summed E-state index contributed by atoms with van der Waals surface area (Å²) in [4.78, 5) is 12.5. The fraction of sp³-hybridized carbons (Fsp3) is 0.350. The molecule has 0 radical (unpaired) electrons. The topological polar surface area (TPSA) is 75.3 Å². The zero-order valence-corrected chi connectivity index (χ0v) is 17.6. The van der Waals surface area contributed by atoms with Crippen LogP contribution in [0, 0.1) is 0 Å². The Hall–Kier alpha value is -1.76. The number of amides is 1. The number of hydrogen-bond acceptors (Lipinski definition) is 3. The van der Waals surface area contributed by atoms with Gasteiger partial charge in [-0.15, -0.1) is 0 Å². The molecule has 0 spiro atoms. The van der Waals surface area contributed by atoms with Gasteiger partial charge in [0, 0.05) is 22.3 Å². The molecule has 150 valence electrons. The fourth-order valence-corrected chi connectivity index (χ4v) is 4.98. The number of sulfonamides is 1. The zero-order valence-electron chi connectivity index (χ0n) is 15.3. The predicted molar refractivity (Wildman–Crippen MR) is 113 cm³/mol. The second kappa shape index (κ2) is 9.16. The Morgan fingerprint density at radius 3 is 2.21 bits per heavy atom. The minimum Gasteiger partial charge on any atom is -0.349 e. The molecule has 2 N–H and O–H groups in total. The SMILES string of the molecule is O=C(NC1CCCCCC1)c1ccc(Cl)c(S(=O)(=O)Nc2ccc(Cl)cc2)c1. The molecule has 5 nitrogen and oxygen atoms in total. The summed E-state index contributed by atoms with van der Waals surface area (Å²) in [6.45, 7) is 0. The van der Waals surface area contributed by atoms with Crippen LogP contribution in [0.2, 0.25) is 10.0 Å². The maximum absolute atomic E-state index is 12.8. The molecular formula is C20H22Cl2N2O3S. The van der Waals surface area contributed by atoms with Crippen molar-refractivity contribution < 1.29 is 13.2 Å². The van der Waals surface area contributed by atoms with Gasteiger partial charge >= 0.3 is 0 Å². The zero-order chi connectivity index (χ0) is 20.1. The standard InChI is InChI=1S/C20H22Cl2N2O3S/c21-15-8-10-17(11-9-15)24-28(26,27)19-13-14(7-12-18(19)22)20(25)23-16-5-3-1-2-4-6-16/h7-13,16,24H,1-6H2,(H,23,25). The molecule has 0 aliphatic heterocycles. The third-order valence-electron chi connectivity index (χ3n) is 4.77. The van der Waals surface area contributed by atoms with E-state index in [0.717, 1.165) is 25.7 Å². The number of halogens is 2. The van der Waals surface area contributed by atoms with Crippen molar-refractivity contribution in [2.45, 2.75) is 49.5 Å². The van der Waals surface area contributed by atoms with Gasteiger partial charge in [-0.1, -0.05) is 48.9 Å². The molecule has 0 heterocycles. The van der Waals surface area contributed by atoms with E-state index in [0.29, 0.717) is 10.7 Å². The first-order valence-corrected chi connectivity index (χ1v) is 11.5. The predicted octanol–water partition coefficient (Wildman–Crippen LogP) is 5.25. The van der Waals surface area contributed by atoms with Crippen molar-refractivity contribution >= 4 is 44.8 Å². The summed E-state index contributed by atoms with van der Waals surface area (Å²) in [5.41, 5.74) is 0.624. The lowest BCUT2D eigenvalue weighted by atomic mass is 10.1. The van der Waals surface area contributed by atoms with E-state index in [4.69, 9.17) is 23.2 Å². The van der Waals surface area contributed by atoms with Crippen molar-refractivity contribution in [1.29, 1.82) is 0 Å². The highest BCUT2D eigenvalue weighted by atomic mass is 35.5. The summed E-state index contributed by atoms with van der Waals surface area (Å²) < 4.78 is 28.0. The highest BCUT2D eigenvalue weighted by Crippen LogP contribution is 2.26. The van der Waals surface area contributed by atoms with Crippen molar-refractivity contribution in [3.05, 3.63) is 58.1 Å². The average Bonchev–Trinajstić information content (AvgIpc) is 2.92. The quantitative estimate of drug-likeness (QED) is 0.623. The van der Waals surface area contributed by atoms with Gasteiger partial charge in [0.05, 0.1) is 5.02 Å². The minimum atomic E-state index is -3.96. The Morgan fingerprint density at radius 1 is 0.929 bits per heavy atom. The molecule has 1 aliphatic rings. The molecular weight excluding hydrogens is 419 g/mol. The molecule has 1 fully saturated rings. The molecule has 1 aliphatic carbocycles. The summed E-state index contributed by atoms with van der Waals surface area (Å²) in [5.74, 6) is -0.286. The number of hydrogen-bond donors (Lipinski definition) is 2. The monoisotopic (exact) mass is 440 g/mol. The first-order valence-electron chi connectivity index (χ1n) is 9.24. The Kier molecular flexibility index (Phi) is 6.86. The van der Waals surface area contributed by atoms with E-state index in [-0.39, 0.29) is 27.4 Å². The summed E-state index contributed by atoms with van der Waals surface area (Å²) >= 11 is 11.9. The maximum atomic E-state index is 12.8. The van der Waals surface area contributed by atoms with Crippen LogP contribution >= 0.6 is 23.2 Å². The summed E-state index contributed by atoms with van der Waals surface area (Å²) in [5, 5.41) is 3.56. The number of benzene rings is 2. The number of carbonyl (C=O) groups is 1. The highest BCUT2D eigenvalue weighted by Gasteiger charge is 2.22. The van der Waals surface area contributed by atoms with Crippen LogP contribution < -0.4 is 10.0 Å². The largest absolute Gasteiger partial charge is 0.349 e. The Balaban J connectivity index is 1.79. The van der Waals surface area contributed by atoms with Crippen LogP contribution in [0.15, 0.2) is 47.4 Å². The molecule has 3 rings (SSSR count). The molecule has 0 unspecified atom stereocenters. The third kappa shape index (κ3) is 5.40. The van der Waals surface area contributed by atoms with Gasteiger partial charge in [-0.05, 0) is 55.3 Å². The average molecular weight is 441 g/mol. The third-order valence-corrected chi connectivity index (χ3v) is 6.88. The first-order chi connectivity index (χ1) is 13.3. The van der Waals surface area contributed by atoms with E-state index >= 15 is 0 Å². The molecule has 1 saturated carbocycles. The van der Waals surface area contributed by atoms with Crippen molar-refractivity contribution in [3.8, 4) is 0 Å². The van der Waals surface area contributed by atoms with Crippen molar-refractivity contribution in [3.63, 3.8) is 0 Å². The molecule has 0 aromatic heterocycles. The Bertz CT molecular complexity index is 938. The van der Waals surface area contributed by atoms with Gasteiger partial charge < -0.3 is 5.32 Å². The van der Waals surface area contributed by atoms with Gasteiger partial charge in [0.25, 0.3) is 15.9 Å². The molecule has 2 aromatic rings. The van der Waals surface area contributed by atoms with Gasteiger partial charge in [-0.2, -0.15) is 0 Å². The van der Waals surface area contributed by atoms with E-state index < -0.39 is 10.0 Å². The number of carbonyl (C=O) groups excluding carboxylic acids is 1. The maximum Gasteiger partial charge on any atom is 0.263 e. The van der Waals surface area contributed by atoms with Gasteiger partial charge in [0.15, 0.2) is 0 Å². The van der Waals surface area contributed by atoms with Crippen molar-refractivity contribution in [2.24, 2.45) is 0 Å². The number of rotatable bonds is 5. The molecule has 28 heavy (non-hydrogen) atoms. The Morgan fingerprint density at radius 2 is 1.57 bits per heavy atom. The minimum absolute atomic E-state index is 0.0486. The van der Waals surface area contributed by atoms with Gasteiger partial charge in [-0.25, -0.2) is 8.42 Å². The molecule has 2 aromatic carbocycles. The van der Waals surface area contributed by atoms with Gasteiger partial charge in [0.2, 0.25) is 0 Å². The normalized spacial score (nSPS) is 15.6. The molecule has 0 bridgehead atoms. The van der Waals surface area contributed by atoms with E-state index in [9.17, 15) is 13.2 Å². The van der Waals surface area contributed by atoms with E-state index in [1.165, 1.54) is 31.0 Å². The lowest BCUT2D eigenvalue weighted by Gasteiger charge is -2.17. The smallest absolute Gasteiger partial charge is 0.263 e. The van der Waals surface area contributed by atoms with Crippen LogP contribution in [0.1, 0.15) is 48.9 Å². The number of anilines is 1. The Labute approximate surface area is 175 Å². The summed E-state index contributed by atoms with van der Waals surface area (Å²) in [6, 6.07) is 10.7. The van der Waals surface area contributed by atoms with Crippen LogP contribution in [0.25, 0.3) is 0 Å². The number of nitrogens with one attached hydrogen (secondary N) is 2. The van der Waals surface area contributed by atoms with Crippen molar-refractivity contribution in [1.82, 2.24) is 5.32 Å².